The first-order valence-corrected chi connectivity index (χ1v) is 6.74. The Morgan fingerprint density at radius 1 is 1.22 bits per heavy atom. The van der Waals surface area contributed by atoms with Crippen molar-refractivity contribution in [2.75, 3.05) is 13.1 Å². The Morgan fingerprint density at radius 2 is 1.67 bits per heavy atom. The molecule has 0 radical (unpaired) electrons. The molecule has 18 heavy (non-hydrogen) atoms. The Balaban J connectivity index is 2.58. The summed E-state index contributed by atoms with van der Waals surface area (Å²) in [5.74, 6) is -1.92. The van der Waals surface area contributed by atoms with Crippen molar-refractivity contribution >= 4 is 15.9 Å². The smallest absolute Gasteiger partial charge is 0.133 e. The Bertz CT molecular complexity index is 433. The summed E-state index contributed by atoms with van der Waals surface area (Å²) in [4.78, 5) is 0. The molecule has 1 heterocycles. The molecular formula is C13H16BrF2NO. The van der Waals surface area contributed by atoms with Crippen LogP contribution in [0.5, 0.6) is 0 Å². The van der Waals surface area contributed by atoms with Crippen molar-refractivity contribution in [1.29, 1.82) is 0 Å². The lowest BCUT2D eigenvalue weighted by Crippen LogP contribution is -2.53. The van der Waals surface area contributed by atoms with Gasteiger partial charge in [-0.1, -0.05) is 29.8 Å². The third-order valence-electron chi connectivity index (χ3n) is 3.81. The van der Waals surface area contributed by atoms with Crippen LogP contribution in [0.25, 0.3) is 0 Å². The molecule has 3 atom stereocenters. The van der Waals surface area contributed by atoms with Crippen molar-refractivity contribution < 1.29 is 13.9 Å². The van der Waals surface area contributed by atoms with E-state index in [2.05, 4.69) is 21.2 Å². The number of hydrogen-bond donors (Lipinski definition) is 2. The summed E-state index contributed by atoms with van der Waals surface area (Å²) in [6.07, 6.45) is 0. The molecule has 0 spiro atoms. The Morgan fingerprint density at radius 3 is 2.11 bits per heavy atom. The number of aliphatic hydroxyl groups is 1. The standard InChI is InChI=1S/C13H16BrF2NO/c1-7-5-17-6-8(2)13(7,18)12-10(15)3-9(14)4-11(12)16/h3-4,7-8,17-18H,5-6H2,1-2H3/t7-,8+,13?. The molecule has 1 aliphatic heterocycles. The summed E-state index contributed by atoms with van der Waals surface area (Å²) < 4.78 is 28.4. The van der Waals surface area contributed by atoms with Gasteiger partial charge in [0, 0.05) is 29.4 Å². The van der Waals surface area contributed by atoms with Gasteiger partial charge >= 0.3 is 0 Å². The molecule has 0 aliphatic carbocycles. The molecule has 0 amide bonds. The third kappa shape index (κ3) is 2.08. The molecule has 1 fully saturated rings. The molecule has 1 saturated heterocycles. The second-order valence-corrected chi connectivity index (χ2v) is 5.95. The van der Waals surface area contributed by atoms with Gasteiger partial charge in [-0.25, -0.2) is 8.78 Å². The minimum absolute atomic E-state index is 0.216. The number of halogens is 3. The molecule has 2 nitrogen and oxygen atoms in total. The molecule has 0 bridgehead atoms. The van der Waals surface area contributed by atoms with Crippen molar-refractivity contribution in [3.8, 4) is 0 Å². The minimum Gasteiger partial charge on any atom is -0.384 e. The maximum Gasteiger partial charge on any atom is 0.133 e. The van der Waals surface area contributed by atoms with E-state index in [4.69, 9.17) is 0 Å². The summed E-state index contributed by atoms with van der Waals surface area (Å²) in [7, 11) is 0. The first-order valence-electron chi connectivity index (χ1n) is 5.95. The fraction of sp³-hybridized carbons (Fsp3) is 0.538. The van der Waals surface area contributed by atoms with E-state index in [-0.39, 0.29) is 17.4 Å². The van der Waals surface area contributed by atoms with E-state index in [0.29, 0.717) is 17.6 Å². The lowest BCUT2D eigenvalue weighted by Gasteiger charge is -2.44. The molecule has 100 valence electrons. The monoisotopic (exact) mass is 319 g/mol. The predicted octanol–water partition coefficient (Wildman–Crippen LogP) is 2.79. The zero-order valence-electron chi connectivity index (χ0n) is 10.3. The zero-order chi connectivity index (χ0) is 13.5. The fourth-order valence-corrected chi connectivity index (χ4v) is 3.13. The molecule has 0 aromatic heterocycles. The predicted molar refractivity (Wildman–Crippen MR) is 69.2 cm³/mol. The highest BCUT2D eigenvalue weighted by molar-refractivity contribution is 9.10. The van der Waals surface area contributed by atoms with Crippen LogP contribution in [0.1, 0.15) is 19.4 Å². The van der Waals surface area contributed by atoms with Gasteiger partial charge in [0.2, 0.25) is 0 Å². The second-order valence-electron chi connectivity index (χ2n) is 5.03. The highest BCUT2D eigenvalue weighted by Crippen LogP contribution is 2.41. The molecule has 0 saturated carbocycles. The van der Waals surface area contributed by atoms with Gasteiger partial charge in [0.25, 0.3) is 0 Å². The first kappa shape index (κ1) is 13.9. The van der Waals surface area contributed by atoms with E-state index in [1.165, 1.54) is 12.1 Å². The third-order valence-corrected chi connectivity index (χ3v) is 4.27. The summed E-state index contributed by atoms with van der Waals surface area (Å²) in [5, 5.41) is 13.9. The lowest BCUT2D eigenvalue weighted by atomic mass is 9.71. The van der Waals surface area contributed by atoms with Crippen LogP contribution in [0.15, 0.2) is 16.6 Å². The Kier molecular flexibility index (Phi) is 3.76. The highest BCUT2D eigenvalue weighted by Gasteiger charge is 2.46. The van der Waals surface area contributed by atoms with Crippen LogP contribution in [0.4, 0.5) is 8.78 Å². The van der Waals surface area contributed by atoms with Crippen LogP contribution >= 0.6 is 15.9 Å². The topological polar surface area (TPSA) is 32.3 Å². The molecule has 2 rings (SSSR count). The van der Waals surface area contributed by atoms with Gasteiger partial charge in [-0.2, -0.15) is 0 Å². The van der Waals surface area contributed by atoms with Crippen LogP contribution in [0.3, 0.4) is 0 Å². The molecule has 5 heteroatoms. The Hall–Kier alpha value is -0.520. The van der Waals surface area contributed by atoms with E-state index < -0.39 is 17.2 Å². The summed E-state index contributed by atoms with van der Waals surface area (Å²) >= 11 is 3.04. The van der Waals surface area contributed by atoms with Crippen LogP contribution < -0.4 is 5.32 Å². The van der Waals surface area contributed by atoms with Crippen LogP contribution in [0.2, 0.25) is 0 Å². The van der Waals surface area contributed by atoms with E-state index in [9.17, 15) is 13.9 Å². The van der Waals surface area contributed by atoms with Crippen molar-refractivity contribution in [2.45, 2.75) is 19.4 Å². The average molecular weight is 320 g/mol. The first-order chi connectivity index (χ1) is 8.37. The van der Waals surface area contributed by atoms with E-state index in [0.717, 1.165) is 0 Å². The van der Waals surface area contributed by atoms with Crippen molar-refractivity contribution in [3.05, 3.63) is 33.8 Å². The number of hydrogen-bond acceptors (Lipinski definition) is 2. The molecule has 1 aromatic rings. The number of rotatable bonds is 1. The van der Waals surface area contributed by atoms with Gasteiger partial charge in [0.1, 0.15) is 17.2 Å². The molecule has 1 aromatic carbocycles. The van der Waals surface area contributed by atoms with Gasteiger partial charge in [0.05, 0.1) is 5.56 Å². The van der Waals surface area contributed by atoms with E-state index >= 15 is 0 Å². The largest absolute Gasteiger partial charge is 0.384 e. The van der Waals surface area contributed by atoms with Gasteiger partial charge in [-0.15, -0.1) is 0 Å². The zero-order valence-corrected chi connectivity index (χ0v) is 11.9. The van der Waals surface area contributed by atoms with Gasteiger partial charge in [0.15, 0.2) is 0 Å². The van der Waals surface area contributed by atoms with Crippen LogP contribution in [-0.2, 0) is 5.60 Å². The average Bonchev–Trinajstić information content (AvgIpc) is 2.24. The number of benzene rings is 1. The van der Waals surface area contributed by atoms with Gasteiger partial charge < -0.3 is 10.4 Å². The lowest BCUT2D eigenvalue weighted by molar-refractivity contribution is -0.0856. The SMILES string of the molecule is C[C@@H]1CNC[C@H](C)C1(O)c1c(F)cc(Br)cc1F. The second kappa shape index (κ2) is 4.87. The van der Waals surface area contributed by atoms with Crippen LogP contribution in [0, 0.1) is 23.5 Å². The minimum atomic E-state index is -1.47. The molecule has 1 aliphatic rings. The van der Waals surface area contributed by atoms with E-state index in [1.54, 1.807) is 13.8 Å². The van der Waals surface area contributed by atoms with Gasteiger partial charge in [-0.3, -0.25) is 0 Å². The van der Waals surface area contributed by atoms with Gasteiger partial charge in [-0.05, 0) is 12.1 Å². The molecular weight excluding hydrogens is 304 g/mol. The maximum absolute atomic E-state index is 14.0. The summed E-state index contributed by atoms with van der Waals surface area (Å²) in [6, 6.07) is 2.38. The highest BCUT2D eigenvalue weighted by atomic mass is 79.9. The Labute approximate surface area is 114 Å². The van der Waals surface area contributed by atoms with E-state index in [1.807, 2.05) is 0 Å². The normalized spacial score (nSPS) is 32.6. The number of piperidine rings is 1. The maximum atomic E-state index is 14.0. The van der Waals surface area contributed by atoms with Crippen molar-refractivity contribution in [2.24, 2.45) is 11.8 Å². The quantitative estimate of drug-likeness (QED) is 0.834. The number of nitrogens with one attached hydrogen (secondary N) is 1. The van der Waals surface area contributed by atoms with Crippen molar-refractivity contribution in [1.82, 2.24) is 5.32 Å². The summed E-state index contributed by atoms with van der Waals surface area (Å²) in [5.41, 5.74) is -1.69. The molecule has 2 N–H and O–H groups in total. The van der Waals surface area contributed by atoms with Crippen molar-refractivity contribution in [3.63, 3.8) is 0 Å². The molecule has 1 unspecified atom stereocenters. The summed E-state index contributed by atoms with van der Waals surface area (Å²) in [6.45, 7) is 4.67. The van der Waals surface area contributed by atoms with Crippen LogP contribution in [-0.4, -0.2) is 18.2 Å². The fourth-order valence-electron chi connectivity index (χ4n) is 2.73.